The normalized spacial score (nSPS) is 9.11. The largest absolute Gasteiger partial charge is 2.00 e. The van der Waals surface area contributed by atoms with Gasteiger partial charge < -0.3 is 33.7 Å². The molecule has 2 rings (SSSR count). The van der Waals surface area contributed by atoms with Gasteiger partial charge in [0.1, 0.15) is 6.29 Å². The molecule has 0 aliphatic carbocycles. The molecule has 0 aromatic carbocycles. The Labute approximate surface area is 190 Å². The number of aldehydes is 1. The molecule has 0 radical (unpaired) electrons. The van der Waals surface area contributed by atoms with Crippen LogP contribution in [0.15, 0.2) is 49.1 Å². The Morgan fingerprint density at radius 1 is 1.00 bits per heavy atom. The van der Waals surface area contributed by atoms with Crippen LogP contribution in [0.3, 0.4) is 0 Å². The Morgan fingerprint density at radius 2 is 1.41 bits per heavy atom. The van der Waals surface area contributed by atoms with Crippen molar-refractivity contribution in [2.75, 3.05) is 13.2 Å². The fourth-order valence-electron chi connectivity index (χ4n) is 1.47. The van der Waals surface area contributed by atoms with Crippen LogP contribution in [0.4, 0.5) is 0 Å². The number of carbonyl (C=O) groups is 1. The molecule has 27 heavy (non-hydrogen) atoms. The van der Waals surface area contributed by atoms with Crippen molar-refractivity contribution in [3.8, 4) is 0 Å². The fourth-order valence-corrected chi connectivity index (χ4v) is 1.47. The molecular formula is C20H31BrMgN2O3. The molecule has 0 saturated carbocycles. The van der Waals surface area contributed by atoms with Crippen molar-refractivity contribution in [2.45, 2.75) is 40.2 Å². The summed E-state index contributed by atoms with van der Waals surface area (Å²) in [6.07, 6.45) is 7.77. The molecular weight excluding hydrogens is 420 g/mol. The average molecular weight is 452 g/mol. The third-order valence-corrected chi connectivity index (χ3v) is 2.73. The third kappa shape index (κ3) is 21.3. The van der Waals surface area contributed by atoms with E-state index in [0.717, 1.165) is 31.5 Å². The molecule has 0 aliphatic rings. The zero-order valence-electron chi connectivity index (χ0n) is 16.8. The molecule has 2 aromatic heterocycles. The Kier molecular flexibility index (Phi) is 34.1. The van der Waals surface area contributed by atoms with E-state index in [1.54, 1.807) is 43.8 Å². The number of hydrogen-bond donors (Lipinski definition) is 1. The first kappa shape index (κ1) is 33.7. The number of carbonyl (C=O) groups excluding carboxylic acids is 1. The number of pyridine rings is 2. The topological polar surface area (TPSA) is 72.3 Å². The van der Waals surface area contributed by atoms with Crippen molar-refractivity contribution in [1.29, 1.82) is 0 Å². The maximum atomic E-state index is 9.98. The second kappa shape index (κ2) is 27.4. The molecule has 0 fully saturated rings. The quantitative estimate of drug-likeness (QED) is 0.416. The van der Waals surface area contributed by atoms with E-state index in [4.69, 9.17) is 4.74 Å². The van der Waals surface area contributed by atoms with Crippen LogP contribution in [-0.2, 0) is 4.74 Å². The maximum Gasteiger partial charge on any atom is 2.00 e. The van der Waals surface area contributed by atoms with Crippen LogP contribution in [0, 0.1) is 6.92 Å². The predicted molar refractivity (Wildman–Crippen MR) is 108 cm³/mol. The summed E-state index contributed by atoms with van der Waals surface area (Å²) in [4.78, 5) is 17.6. The molecule has 0 bridgehead atoms. The number of aliphatic hydroxyl groups excluding tert-OH is 1. The van der Waals surface area contributed by atoms with E-state index in [9.17, 15) is 9.90 Å². The van der Waals surface area contributed by atoms with Crippen molar-refractivity contribution in [2.24, 2.45) is 0 Å². The van der Waals surface area contributed by atoms with Crippen LogP contribution >= 0.6 is 0 Å². The van der Waals surface area contributed by atoms with Crippen molar-refractivity contribution < 1.29 is 31.6 Å². The minimum atomic E-state index is -0.331. The first-order valence-corrected chi connectivity index (χ1v) is 8.41. The summed E-state index contributed by atoms with van der Waals surface area (Å²) in [6, 6.07) is 6.97. The molecule has 1 N–H and O–H groups in total. The van der Waals surface area contributed by atoms with E-state index >= 15 is 0 Å². The van der Waals surface area contributed by atoms with Crippen molar-refractivity contribution >= 4 is 29.3 Å². The molecule has 5 nitrogen and oxygen atoms in total. The van der Waals surface area contributed by atoms with E-state index in [2.05, 4.69) is 16.9 Å². The van der Waals surface area contributed by atoms with Crippen molar-refractivity contribution in [1.82, 2.24) is 9.97 Å². The van der Waals surface area contributed by atoms with Gasteiger partial charge in [-0.3, -0.25) is 14.8 Å². The second-order valence-electron chi connectivity index (χ2n) is 4.38. The summed E-state index contributed by atoms with van der Waals surface area (Å²) in [6.45, 7) is 12.6. The standard InChI is InChI=1S/C8H11NO.C6H5NO.C4H10O.C2H5.BrH.Mg/c1-2-8(10)7-3-5-9-6-4-7;8-5-6-1-3-7-4-2-6;1-3-5-4-2;1-2;;/h3-6,8,10H,2H2,1H3;1-5H;3-4H2,1-2H3;1H2,2H3;1H;/q;;;-1;;+2/p-1. The van der Waals surface area contributed by atoms with E-state index < -0.39 is 0 Å². The Hall–Kier alpha value is -0.864. The summed E-state index contributed by atoms with van der Waals surface area (Å²) >= 11 is 0. The van der Waals surface area contributed by atoms with Crippen LogP contribution in [-0.4, -0.2) is 57.6 Å². The third-order valence-electron chi connectivity index (χ3n) is 2.73. The van der Waals surface area contributed by atoms with Crippen LogP contribution in [0.1, 0.15) is 56.1 Å². The molecule has 7 heteroatoms. The van der Waals surface area contributed by atoms with Crippen molar-refractivity contribution in [3.63, 3.8) is 0 Å². The van der Waals surface area contributed by atoms with Crippen LogP contribution in [0.2, 0.25) is 0 Å². The Balaban J connectivity index is -0.000000142. The van der Waals surface area contributed by atoms with Gasteiger partial charge in [0, 0.05) is 43.6 Å². The zero-order chi connectivity index (χ0) is 19.3. The summed E-state index contributed by atoms with van der Waals surface area (Å²) in [5.41, 5.74) is 1.61. The molecule has 0 aliphatic heterocycles. The number of aliphatic hydroxyl groups is 1. The molecule has 0 amide bonds. The molecule has 148 valence electrons. The number of ether oxygens (including phenoxy) is 1. The second-order valence-corrected chi connectivity index (χ2v) is 4.38. The van der Waals surface area contributed by atoms with Crippen LogP contribution < -0.4 is 17.0 Å². The van der Waals surface area contributed by atoms with Gasteiger partial charge >= 0.3 is 23.1 Å². The molecule has 2 aromatic rings. The molecule has 2 heterocycles. The van der Waals surface area contributed by atoms with Gasteiger partial charge in [-0.15, -0.1) is 0 Å². The molecule has 1 atom stereocenters. The summed E-state index contributed by atoms with van der Waals surface area (Å²) in [7, 11) is 0. The molecule has 1 unspecified atom stereocenters. The maximum absolute atomic E-state index is 9.98. The molecule has 0 saturated heterocycles. The summed E-state index contributed by atoms with van der Waals surface area (Å²) < 4.78 is 4.83. The van der Waals surface area contributed by atoms with E-state index in [0.29, 0.717) is 5.56 Å². The number of rotatable bonds is 5. The molecule has 0 spiro atoms. The van der Waals surface area contributed by atoms with E-state index in [1.165, 1.54) is 0 Å². The minimum absolute atomic E-state index is 0. The predicted octanol–water partition coefficient (Wildman–Crippen LogP) is 0.925. The first-order chi connectivity index (χ1) is 12.2. The Bertz CT molecular complexity index is 503. The summed E-state index contributed by atoms with van der Waals surface area (Å²) in [5.74, 6) is 0. The fraction of sp³-hybridized carbons (Fsp3) is 0.400. The monoisotopic (exact) mass is 450 g/mol. The SMILES string of the molecule is CCC(O)c1ccncc1.CCOCC.O=Cc1ccncc1.[Br-].[CH2-]C.[Mg+2]. The number of halogens is 1. The average Bonchev–Trinajstić information content (AvgIpc) is 2.71. The number of nitrogens with zero attached hydrogens (tertiary/aromatic N) is 2. The van der Waals surface area contributed by atoms with Gasteiger partial charge in [0.25, 0.3) is 0 Å². The number of hydrogen-bond acceptors (Lipinski definition) is 5. The zero-order valence-corrected chi connectivity index (χ0v) is 19.8. The first-order valence-electron chi connectivity index (χ1n) is 8.41. The van der Waals surface area contributed by atoms with Gasteiger partial charge in [0.05, 0.1) is 6.10 Å². The smallest absolute Gasteiger partial charge is 1.00 e. The summed E-state index contributed by atoms with van der Waals surface area (Å²) in [5, 5.41) is 9.30. The van der Waals surface area contributed by atoms with E-state index in [1.807, 2.05) is 32.9 Å². The van der Waals surface area contributed by atoms with Crippen LogP contribution in [0.25, 0.3) is 0 Å². The van der Waals surface area contributed by atoms with Gasteiger partial charge in [-0.1, -0.05) is 6.92 Å². The van der Waals surface area contributed by atoms with E-state index in [-0.39, 0.29) is 46.1 Å². The minimum Gasteiger partial charge on any atom is -1.00 e. The van der Waals surface area contributed by atoms with Crippen molar-refractivity contribution in [3.05, 3.63) is 67.1 Å². The van der Waals surface area contributed by atoms with Gasteiger partial charge in [-0.2, -0.15) is 6.92 Å². The van der Waals surface area contributed by atoms with Gasteiger partial charge in [0.2, 0.25) is 0 Å². The Morgan fingerprint density at radius 3 is 1.67 bits per heavy atom. The van der Waals surface area contributed by atoms with Crippen LogP contribution in [0.5, 0.6) is 0 Å². The van der Waals surface area contributed by atoms with Gasteiger partial charge in [-0.25, -0.2) is 0 Å². The van der Waals surface area contributed by atoms with Gasteiger partial charge in [0.15, 0.2) is 0 Å². The van der Waals surface area contributed by atoms with Gasteiger partial charge in [-0.05, 0) is 50.1 Å². The number of aromatic nitrogens is 2.